The first kappa shape index (κ1) is 19.6. The van der Waals surface area contributed by atoms with Crippen molar-refractivity contribution in [3.8, 4) is 0 Å². The van der Waals surface area contributed by atoms with E-state index in [0.717, 1.165) is 17.4 Å². The molecule has 0 aliphatic heterocycles. The fraction of sp³-hybridized carbons (Fsp3) is 0.333. The molecule has 2 aromatic carbocycles. The van der Waals surface area contributed by atoms with Crippen LogP contribution in [0.2, 0.25) is 0 Å². The van der Waals surface area contributed by atoms with Gasteiger partial charge in [0.1, 0.15) is 0 Å². The van der Waals surface area contributed by atoms with Crippen LogP contribution >= 0.6 is 0 Å². The fourth-order valence-corrected chi connectivity index (χ4v) is 4.84. The van der Waals surface area contributed by atoms with E-state index in [2.05, 4.69) is 0 Å². The smallest absolute Gasteiger partial charge is 0.224 e. The highest BCUT2D eigenvalue weighted by molar-refractivity contribution is 7.90. The van der Waals surface area contributed by atoms with Crippen LogP contribution in [0.3, 0.4) is 0 Å². The Hall–Kier alpha value is -1.70. The van der Waals surface area contributed by atoms with Crippen molar-refractivity contribution in [2.45, 2.75) is 36.6 Å². The van der Waals surface area contributed by atoms with E-state index < -0.39 is 25.9 Å². The highest BCUT2D eigenvalue weighted by Gasteiger charge is 2.27. The summed E-state index contributed by atoms with van der Waals surface area (Å²) in [6.45, 7) is 5.40. The van der Waals surface area contributed by atoms with Crippen molar-refractivity contribution in [2.24, 2.45) is 0 Å². The Bertz CT molecular complexity index is 978. The maximum absolute atomic E-state index is 13.0. The molecule has 0 spiro atoms. The lowest BCUT2D eigenvalue weighted by Crippen LogP contribution is -2.30. The van der Waals surface area contributed by atoms with E-state index in [-0.39, 0.29) is 9.79 Å². The van der Waals surface area contributed by atoms with Crippen molar-refractivity contribution in [3.05, 3.63) is 59.2 Å². The van der Waals surface area contributed by atoms with Crippen LogP contribution in [0.1, 0.15) is 29.7 Å². The molecule has 1 atom stereocenters. The maximum Gasteiger partial charge on any atom is 0.243 e. The Morgan fingerprint density at radius 1 is 0.920 bits per heavy atom. The van der Waals surface area contributed by atoms with Gasteiger partial charge < -0.3 is 0 Å². The van der Waals surface area contributed by atoms with E-state index >= 15 is 0 Å². The zero-order valence-electron chi connectivity index (χ0n) is 15.0. The van der Waals surface area contributed by atoms with Gasteiger partial charge in [-0.2, -0.15) is 4.31 Å². The maximum atomic E-state index is 13.0. The van der Waals surface area contributed by atoms with Gasteiger partial charge in [-0.1, -0.05) is 24.3 Å². The van der Waals surface area contributed by atoms with Gasteiger partial charge in [0, 0.05) is 19.3 Å². The van der Waals surface area contributed by atoms with Crippen LogP contribution in [-0.4, -0.2) is 34.4 Å². The van der Waals surface area contributed by atoms with E-state index in [1.807, 2.05) is 13.0 Å². The summed E-state index contributed by atoms with van der Waals surface area (Å²) in [5, 5.41) is 0. The van der Waals surface area contributed by atoms with Crippen LogP contribution < -0.4 is 0 Å². The average molecular weight is 382 g/mol. The number of nitrogens with zero attached hydrogens (tertiary/aromatic N) is 1. The van der Waals surface area contributed by atoms with Gasteiger partial charge in [-0.15, -0.1) is 0 Å². The standard InChI is InChI=1S/C18H23NO4S2/c1-13-6-7-14(2)18(12-13)25(22,23)19(4)15(3)16-8-10-17(11-9-16)24(5,20)21/h6-12,15H,1-5H3/t15-/m1/s1. The predicted octanol–water partition coefficient (Wildman–Crippen LogP) is 3.09. The van der Waals surface area contributed by atoms with Gasteiger partial charge >= 0.3 is 0 Å². The summed E-state index contributed by atoms with van der Waals surface area (Å²) in [7, 11) is -5.41. The molecule has 7 heteroatoms. The van der Waals surface area contributed by atoms with Crippen LogP contribution in [0.5, 0.6) is 0 Å². The summed E-state index contributed by atoms with van der Waals surface area (Å²) in [6.07, 6.45) is 1.14. The third kappa shape index (κ3) is 4.11. The van der Waals surface area contributed by atoms with Crippen LogP contribution in [0, 0.1) is 13.8 Å². The summed E-state index contributed by atoms with van der Waals surface area (Å²) in [5.41, 5.74) is 2.29. The van der Waals surface area contributed by atoms with E-state index in [0.29, 0.717) is 5.56 Å². The van der Waals surface area contributed by atoms with Gasteiger partial charge in [0.2, 0.25) is 10.0 Å². The number of hydrogen-bond donors (Lipinski definition) is 0. The van der Waals surface area contributed by atoms with Gasteiger partial charge in [-0.25, -0.2) is 16.8 Å². The van der Waals surface area contributed by atoms with Crippen molar-refractivity contribution in [1.29, 1.82) is 0 Å². The van der Waals surface area contributed by atoms with Gasteiger partial charge in [-0.05, 0) is 55.7 Å². The molecule has 0 N–H and O–H groups in total. The van der Waals surface area contributed by atoms with Crippen molar-refractivity contribution in [1.82, 2.24) is 4.31 Å². The molecule has 0 amide bonds. The largest absolute Gasteiger partial charge is 0.243 e. The molecule has 0 heterocycles. The Labute approximate surface area is 150 Å². The molecule has 136 valence electrons. The molecule has 0 saturated carbocycles. The zero-order valence-corrected chi connectivity index (χ0v) is 16.6. The lowest BCUT2D eigenvalue weighted by atomic mass is 10.1. The molecule has 5 nitrogen and oxygen atoms in total. The van der Waals surface area contributed by atoms with Crippen LogP contribution in [0.25, 0.3) is 0 Å². The van der Waals surface area contributed by atoms with Crippen LogP contribution in [0.15, 0.2) is 52.3 Å². The molecule has 0 aliphatic carbocycles. The first-order chi connectivity index (χ1) is 11.4. The molecule has 0 unspecified atom stereocenters. The number of hydrogen-bond acceptors (Lipinski definition) is 4. The lowest BCUT2D eigenvalue weighted by Gasteiger charge is -2.25. The summed E-state index contributed by atoms with van der Waals surface area (Å²) in [4.78, 5) is 0.498. The number of benzene rings is 2. The second-order valence-corrected chi connectivity index (χ2v) is 10.3. The van der Waals surface area contributed by atoms with Crippen LogP contribution in [0.4, 0.5) is 0 Å². The molecule has 0 saturated heterocycles. The van der Waals surface area contributed by atoms with Crippen molar-refractivity contribution < 1.29 is 16.8 Å². The van der Waals surface area contributed by atoms with Gasteiger partial charge in [-0.3, -0.25) is 0 Å². The molecule has 0 bridgehead atoms. The third-order valence-electron chi connectivity index (χ3n) is 4.34. The SMILES string of the molecule is Cc1ccc(C)c(S(=O)(=O)N(C)[C@H](C)c2ccc(S(C)(=O)=O)cc2)c1. The van der Waals surface area contributed by atoms with Gasteiger partial charge in [0.25, 0.3) is 0 Å². The molecular weight excluding hydrogens is 358 g/mol. The summed E-state index contributed by atoms with van der Waals surface area (Å²) >= 11 is 0. The molecule has 0 aromatic heterocycles. The molecule has 0 fully saturated rings. The Morgan fingerprint density at radius 3 is 2.00 bits per heavy atom. The summed E-state index contributed by atoms with van der Waals surface area (Å²) in [6, 6.07) is 11.2. The highest BCUT2D eigenvalue weighted by Crippen LogP contribution is 2.28. The topological polar surface area (TPSA) is 71.5 Å². The van der Waals surface area contributed by atoms with E-state index in [4.69, 9.17) is 0 Å². The molecule has 25 heavy (non-hydrogen) atoms. The van der Waals surface area contributed by atoms with Crippen molar-refractivity contribution in [3.63, 3.8) is 0 Å². The molecule has 2 aromatic rings. The minimum atomic E-state index is -3.66. The molecule has 0 aliphatic rings. The minimum absolute atomic E-state index is 0.212. The van der Waals surface area contributed by atoms with E-state index in [9.17, 15) is 16.8 Å². The number of sulfonamides is 1. The first-order valence-corrected chi connectivity index (χ1v) is 11.1. The fourth-order valence-electron chi connectivity index (χ4n) is 2.55. The normalized spacial score (nSPS) is 13.8. The molecule has 0 radical (unpaired) electrons. The Kier molecular flexibility index (Phi) is 5.41. The number of sulfone groups is 1. The monoisotopic (exact) mass is 381 g/mol. The second kappa shape index (κ2) is 6.90. The van der Waals surface area contributed by atoms with Crippen molar-refractivity contribution in [2.75, 3.05) is 13.3 Å². The lowest BCUT2D eigenvalue weighted by molar-refractivity contribution is 0.398. The van der Waals surface area contributed by atoms with Crippen molar-refractivity contribution >= 4 is 19.9 Å². The third-order valence-corrected chi connectivity index (χ3v) is 7.54. The second-order valence-electron chi connectivity index (χ2n) is 6.31. The molecular formula is C18H23NO4S2. The Morgan fingerprint density at radius 2 is 1.48 bits per heavy atom. The van der Waals surface area contributed by atoms with Gasteiger partial charge in [0.15, 0.2) is 9.84 Å². The summed E-state index contributed by atoms with van der Waals surface area (Å²) < 4.78 is 50.4. The number of aryl methyl sites for hydroxylation is 2. The molecule has 2 rings (SSSR count). The van der Waals surface area contributed by atoms with Crippen LogP contribution in [-0.2, 0) is 19.9 Å². The predicted molar refractivity (Wildman–Crippen MR) is 98.8 cm³/mol. The first-order valence-electron chi connectivity index (χ1n) is 7.80. The average Bonchev–Trinajstić information content (AvgIpc) is 2.54. The highest BCUT2D eigenvalue weighted by atomic mass is 32.2. The van der Waals surface area contributed by atoms with E-state index in [1.54, 1.807) is 38.1 Å². The summed E-state index contributed by atoms with van der Waals surface area (Å²) in [5.74, 6) is 0. The zero-order chi connectivity index (χ0) is 19.0. The van der Waals surface area contributed by atoms with E-state index in [1.165, 1.54) is 23.5 Å². The quantitative estimate of drug-likeness (QED) is 0.798. The minimum Gasteiger partial charge on any atom is -0.224 e. The number of rotatable bonds is 5. The van der Waals surface area contributed by atoms with Gasteiger partial charge in [0.05, 0.1) is 9.79 Å². The Balaban J connectivity index is 2.38.